The molecule has 0 unspecified atom stereocenters. The number of hydrogen-bond acceptors (Lipinski definition) is 5. The Morgan fingerprint density at radius 2 is 1.63 bits per heavy atom. The van der Waals surface area contributed by atoms with E-state index in [4.69, 9.17) is 9.47 Å². The number of phenolic OH excluding ortho intramolecular Hbond substituents is 1. The van der Waals surface area contributed by atoms with Crippen LogP contribution in [0.25, 0.3) is 0 Å². The molecule has 2 rings (SSSR count). The van der Waals surface area contributed by atoms with Crippen molar-refractivity contribution in [3.8, 4) is 5.75 Å². The summed E-state index contributed by atoms with van der Waals surface area (Å²) in [5.41, 5.74) is 1.79. The predicted octanol–water partition coefficient (Wildman–Crippen LogP) is 3.66. The van der Waals surface area contributed by atoms with Gasteiger partial charge in [0.1, 0.15) is 18.3 Å². The van der Waals surface area contributed by atoms with Crippen LogP contribution in [0, 0.1) is 5.92 Å². The lowest BCUT2D eigenvalue weighted by Crippen LogP contribution is -2.51. The Kier molecular flexibility index (Phi) is 6.87. The fourth-order valence-electron chi connectivity index (χ4n) is 3.53. The van der Waals surface area contributed by atoms with Crippen LogP contribution < -0.4 is 10.6 Å². The van der Waals surface area contributed by atoms with Crippen molar-refractivity contribution in [2.75, 3.05) is 20.3 Å². The third kappa shape index (κ3) is 5.14. The summed E-state index contributed by atoms with van der Waals surface area (Å²) in [4.78, 5) is 25.0. The van der Waals surface area contributed by atoms with Crippen molar-refractivity contribution in [1.82, 2.24) is 10.6 Å². The summed E-state index contributed by atoms with van der Waals surface area (Å²) in [6, 6.07) is 2.59. The standard InChI is InChI=1S/C23H34N2O5/c1-13-17(20(27)30-10-9-29-8)18(25-21(28)24-13)14-11-15(22(2,3)4)19(26)16(12-14)23(5,6)7/h11-12,17-18,26H,1,9-10H2,2-8H3,(H2,24,25,28)/t17-,18+/m1/s1. The summed E-state index contributed by atoms with van der Waals surface area (Å²) in [7, 11) is 1.52. The molecular weight excluding hydrogens is 384 g/mol. The fraction of sp³-hybridized carbons (Fsp3) is 0.565. The number of ether oxygens (including phenoxy) is 2. The number of phenols is 1. The molecule has 1 aromatic carbocycles. The van der Waals surface area contributed by atoms with Crippen LogP contribution in [0.5, 0.6) is 5.75 Å². The zero-order valence-electron chi connectivity index (χ0n) is 19.0. The zero-order valence-corrected chi connectivity index (χ0v) is 19.0. The van der Waals surface area contributed by atoms with E-state index in [1.54, 1.807) is 0 Å². The molecule has 0 radical (unpaired) electrons. The lowest BCUT2D eigenvalue weighted by molar-refractivity contribution is -0.149. The SMILES string of the molecule is C=C1NC(=O)N[C@@H](c2cc(C(C)(C)C)c(O)c(C(C)(C)C)c2)[C@@H]1C(=O)OCCOC. The van der Waals surface area contributed by atoms with E-state index in [9.17, 15) is 14.7 Å². The summed E-state index contributed by atoms with van der Waals surface area (Å²) in [5.74, 6) is -1.08. The van der Waals surface area contributed by atoms with Gasteiger partial charge in [-0.2, -0.15) is 0 Å². The lowest BCUT2D eigenvalue weighted by atomic mass is 9.76. The average Bonchev–Trinajstić information content (AvgIpc) is 2.59. The van der Waals surface area contributed by atoms with Crippen molar-refractivity contribution in [2.45, 2.75) is 58.4 Å². The molecule has 1 aliphatic rings. The average molecular weight is 419 g/mol. The van der Waals surface area contributed by atoms with Gasteiger partial charge in [-0.1, -0.05) is 48.1 Å². The minimum atomic E-state index is -0.815. The van der Waals surface area contributed by atoms with Crippen molar-refractivity contribution in [2.24, 2.45) is 5.92 Å². The molecule has 0 aromatic heterocycles. The predicted molar refractivity (Wildman–Crippen MR) is 115 cm³/mol. The molecule has 7 nitrogen and oxygen atoms in total. The number of benzene rings is 1. The highest BCUT2D eigenvalue weighted by Crippen LogP contribution is 2.42. The topological polar surface area (TPSA) is 96.9 Å². The molecule has 1 fully saturated rings. The van der Waals surface area contributed by atoms with E-state index in [0.717, 1.165) is 11.1 Å². The number of aromatic hydroxyl groups is 1. The van der Waals surface area contributed by atoms with Crippen LogP contribution in [0.1, 0.15) is 64.3 Å². The Hall–Kier alpha value is -2.54. The minimum absolute atomic E-state index is 0.107. The maximum atomic E-state index is 12.8. The van der Waals surface area contributed by atoms with Crippen molar-refractivity contribution >= 4 is 12.0 Å². The van der Waals surface area contributed by atoms with Crippen LogP contribution in [-0.4, -0.2) is 37.4 Å². The molecular formula is C23H34N2O5. The third-order valence-electron chi connectivity index (χ3n) is 5.16. The number of rotatable bonds is 5. The van der Waals surface area contributed by atoms with Crippen LogP contribution >= 0.6 is 0 Å². The monoisotopic (exact) mass is 418 g/mol. The number of amides is 2. The molecule has 30 heavy (non-hydrogen) atoms. The Labute approximate surface area is 178 Å². The lowest BCUT2D eigenvalue weighted by Gasteiger charge is -2.35. The van der Waals surface area contributed by atoms with Gasteiger partial charge in [0.05, 0.1) is 12.6 Å². The molecule has 1 aromatic rings. The molecule has 2 atom stereocenters. The Balaban J connectivity index is 2.60. The first-order chi connectivity index (χ1) is 13.8. The molecule has 166 valence electrons. The first-order valence-corrected chi connectivity index (χ1v) is 10.1. The molecule has 3 N–H and O–H groups in total. The second-order valence-electron chi connectivity index (χ2n) is 9.70. The van der Waals surface area contributed by atoms with Gasteiger partial charge in [0.2, 0.25) is 0 Å². The van der Waals surface area contributed by atoms with E-state index in [0.29, 0.717) is 5.56 Å². The second kappa shape index (κ2) is 8.68. The maximum absolute atomic E-state index is 12.8. The van der Waals surface area contributed by atoms with E-state index in [1.807, 2.05) is 53.7 Å². The van der Waals surface area contributed by atoms with Gasteiger partial charge in [-0.15, -0.1) is 0 Å². The summed E-state index contributed by atoms with van der Waals surface area (Å²) in [5, 5.41) is 16.4. The molecule has 2 amide bonds. The smallest absolute Gasteiger partial charge is 0.319 e. The minimum Gasteiger partial charge on any atom is -0.507 e. The van der Waals surface area contributed by atoms with Gasteiger partial charge in [-0.3, -0.25) is 4.79 Å². The summed E-state index contributed by atoms with van der Waals surface area (Å²) < 4.78 is 10.3. The van der Waals surface area contributed by atoms with Crippen LogP contribution in [-0.2, 0) is 25.1 Å². The molecule has 1 aliphatic heterocycles. The van der Waals surface area contributed by atoms with Crippen molar-refractivity contribution in [3.63, 3.8) is 0 Å². The summed E-state index contributed by atoms with van der Waals surface area (Å²) in [6.07, 6.45) is 0. The first kappa shape index (κ1) is 23.7. The molecule has 1 heterocycles. The molecule has 0 spiro atoms. The maximum Gasteiger partial charge on any atom is 0.319 e. The van der Waals surface area contributed by atoms with Gasteiger partial charge in [0.25, 0.3) is 0 Å². The Morgan fingerprint density at radius 1 is 1.10 bits per heavy atom. The van der Waals surface area contributed by atoms with E-state index >= 15 is 0 Å². The highest BCUT2D eigenvalue weighted by Gasteiger charge is 2.40. The van der Waals surface area contributed by atoms with Crippen molar-refractivity contribution in [1.29, 1.82) is 0 Å². The number of esters is 1. The molecule has 0 saturated carbocycles. The third-order valence-corrected chi connectivity index (χ3v) is 5.16. The second-order valence-corrected chi connectivity index (χ2v) is 9.70. The van der Waals surface area contributed by atoms with Crippen LogP contribution in [0.4, 0.5) is 4.79 Å². The van der Waals surface area contributed by atoms with Gasteiger partial charge >= 0.3 is 12.0 Å². The molecule has 0 bridgehead atoms. The van der Waals surface area contributed by atoms with Gasteiger partial charge in [0, 0.05) is 12.8 Å². The van der Waals surface area contributed by atoms with E-state index in [1.165, 1.54) is 7.11 Å². The van der Waals surface area contributed by atoms with Gasteiger partial charge in [-0.25, -0.2) is 4.79 Å². The van der Waals surface area contributed by atoms with Crippen LogP contribution in [0.2, 0.25) is 0 Å². The summed E-state index contributed by atoms with van der Waals surface area (Å²) in [6.45, 7) is 16.3. The molecule has 0 aliphatic carbocycles. The zero-order chi connectivity index (χ0) is 22.9. The van der Waals surface area contributed by atoms with Gasteiger partial charge in [-0.05, 0) is 39.7 Å². The summed E-state index contributed by atoms with van der Waals surface area (Å²) >= 11 is 0. The van der Waals surface area contributed by atoms with Crippen LogP contribution in [0.3, 0.4) is 0 Å². The highest BCUT2D eigenvalue weighted by molar-refractivity contribution is 5.85. The quantitative estimate of drug-likeness (QED) is 0.501. The first-order valence-electron chi connectivity index (χ1n) is 10.1. The number of methoxy groups -OCH3 is 1. The van der Waals surface area contributed by atoms with E-state index < -0.39 is 24.0 Å². The molecule has 1 saturated heterocycles. The van der Waals surface area contributed by atoms with Crippen LogP contribution in [0.15, 0.2) is 24.4 Å². The largest absolute Gasteiger partial charge is 0.507 e. The number of urea groups is 1. The van der Waals surface area contributed by atoms with Gasteiger partial charge in [0.15, 0.2) is 0 Å². The normalized spacial score (nSPS) is 19.8. The molecule has 7 heteroatoms. The van der Waals surface area contributed by atoms with Gasteiger partial charge < -0.3 is 25.2 Å². The Bertz CT molecular complexity index is 798. The van der Waals surface area contributed by atoms with Crippen molar-refractivity contribution < 1.29 is 24.2 Å². The number of nitrogens with one attached hydrogen (secondary N) is 2. The Morgan fingerprint density at radius 3 is 2.10 bits per heavy atom. The number of hydrogen-bond donors (Lipinski definition) is 3. The van der Waals surface area contributed by atoms with E-state index in [2.05, 4.69) is 17.2 Å². The highest BCUT2D eigenvalue weighted by atomic mass is 16.6. The number of carbonyl (C=O) groups is 2. The number of carbonyl (C=O) groups excluding carboxylic acids is 2. The fourth-order valence-corrected chi connectivity index (χ4v) is 3.53. The van der Waals surface area contributed by atoms with E-state index in [-0.39, 0.29) is 35.5 Å². The van der Waals surface area contributed by atoms with Crippen molar-refractivity contribution in [3.05, 3.63) is 41.1 Å².